The topological polar surface area (TPSA) is 24.7 Å². The molecule has 0 spiro atoms. The Balaban J connectivity index is 2.34. The van der Waals surface area contributed by atoms with Crippen molar-refractivity contribution in [1.29, 1.82) is 0 Å². The van der Waals surface area contributed by atoms with Crippen LogP contribution in [0.25, 0.3) is 0 Å². The standard InChI is InChI=1S/C9H18N2/c1-9(2,3)11-10-8-6-4-5-7-8/h8H,4-7H2,1-3H3. The number of hydrogen-bond acceptors (Lipinski definition) is 2. The lowest BCUT2D eigenvalue weighted by molar-refractivity contribution is 0.509. The van der Waals surface area contributed by atoms with Crippen LogP contribution in [0.5, 0.6) is 0 Å². The number of nitrogens with zero attached hydrogens (tertiary/aromatic N) is 2. The van der Waals surface area contributed by atoms with E-state index in [2.05, 4.69) is 31.0 Å². The summed E-state index contributed by atoms with van der Waals surface area (Å²) in [5.74, 6) is 0. The normalized spacial score (nSPS) is 21.7. The molecule has 0 unspecified atom stereocenters. The quantitative estimate of drug-likeness (QED) is 0.518. The molecule has 0 bridgehead atoms. The second kappa shape index (κ2) is 3.33. The minimum atomic E-state index is 0.0165. The molecule has 0 aromatic heterocycles. The molecule has 2 heteroatoms. The first kappa shape index (κ1) is 8.69. The molecule has 0 N–H and O–H groups in total. The van der Waals surface area contributed by atoms with E-state index in [1.54, 1.807) is 0 Å². The van der Waals surface area contributed by atoms with Crippen molar-refractivity contribution in [2.24, 2.45) is 10.2 Å². The van der Waals surface area contributed by atoms with Crippen molar-refractivity contribution in [1.82, 2.24) is 0 Å². The van der Waals surface area contributed by atoms with E-state index >= 15 is 0 Å². The van der Waals surface area contributed by atoms with Gasteiger partial charge in [0.25, 0.3) is 0 Å². The van der Waals surface area contributed by atoms with Crippen molar-refractivity contribution in [3.05, 3.63) is 0 Å². The highest BCUT2D eigenvalue weighted by Gasteiger charge is 2.15. The molecule has 1 fully saturated rings. The fourth-order valence-corrected chi connectivity index (χ4v) is 1.27. The maximum absolute atomic E-state index is 4.32. The van der Waals surface area contributed by atoms with Gasteiger partial charge >= 0.3 is 0 Å². The Morgan fingerprint density at radius 2 is 1.64 bits per heavy atom. The summed E-state index contributed by atoms with van der Waals surface area (Å²) >= 11 is 0. The molecule has 0 atom stereocenters. The first-order valence-electron chi connectivity index (χ1n) is 4.50. The highest BCUT2D eigenvalue weighted by molar-refractivity contribution is 4.74. The Bertz CT molecular complexity index is 138. The molecule has 2 nitrogen and oxygen atoms in total. The third-order valence-electron chi connectivity index (χ3n) is 1.85. The van der Waals surface area contributed by atoms with Gasteiger partial charge in [-0.05, 0) is 33.6 Å². The molecule has 0 amide bonds. The third kappa shape index (κ3) is 3.49. The van der Waals surface area contributed by atoms with Crippen LogP contribution in [0.1, 0.15) is 46.5 Å². The Morgan fingerprint density at radius 1 is 1.09 bits per heavy atom. The summed E-state index contributed by atoms with van der Waals surface area (Å²) in [6.07, 6.45) is 5.18. The van der Waals surface area contributed by atoms with Crippen molar-refractivity contribution in [3.8, 4) is 0 Å². The van der Waals surface area contributed by atoms with Gasteiger partial charge in [-0.1, -0.05) is 12.8 Å². The molecule has 0 saturated heterocycles. The molecule has 1 saturated carbocycles. The Hall–Kier alpha value is -0.400. The largest absolute Gasteiger partial charge is 0.190 e. The summed E-state index contributed by atoms with van der Waals surface area (Å²) in [6.45, 7) is 6.27. The second-order valence-electron chi connectivity index (χ2n) is 4.32. The van der Waals surface area contributed by atoms with E-state index in [-0.39, 0.29) is 5.54 Å². The lowest BCUT2D eigenvalue weighted by atomic mass is 10.1. The molecule has 1 aliphatic rings. The molecule has 1 rings (SSSR count). The zero-order chi connectivity index (χ0) is 8.32. The van der Waals surface area contributed by atoms with Gasteiger partial charge in [-0.2, -0.15) is 10.2 Å². The fraction of sp³-hybridized carbons (Fsp3) is 1.00. The molecule has 0 aromatic rings. The van der Waals surface area contributed by atoms with Crippen LogP contribution in [-0.2, 0) is 0 Å². The fourth-order valence-electron chi connectivity index (χ4n) is 1.27. The van der Waals surface area contributed by atoms with Gasteiger partial charge < -0.3 is 0 Å². The molecule has 11 heavy (non-hydrogen) atoms. The smallest absolute Gasteiger partial charge is 0.0732 e. The van der Waals surface area contributed by atoms with E-state index in [1.807, 2.05) is 0 Å². The number of hydrogen-bond donors (Lipinski definition) is 0. The van der Waals surface area contributed by atoms with Crippen molar-refractivity contribution in [3.63, 3.8) is 0 Å². The lowest BCUT2D eigenvalue weighted by Crippen LogP contribution is -2.09. The molecular formula is C9H18N2. The van der Waals surface area contributed by atoms with Crippen molar-refractivity contribution < 1.29 is 0 Å². The highest BCUT2D eigenvalue weighted by atomic mass is 15.2. The third-order valence-corrected chi connectivity index (χ3v) is 1.85. The zero-order valence-corrected chi connectivity index (χ0v) is 7.80. The molecule has 0 heterocycles. The van der Waals surface area contributed by atoms with Gasteiger partial charge in [0.15, 0.2) is 0 Å². The maximum Gasteiger partial charge on any atom is 0.0732 e. The minimum Gasteiger partial charge on any atom is -0.190 e. The first-order valence-corrected chi connectivity index (χ1v) is 4.50. The predicted octanol–water partition coefficient (Wildman–Crippen LogP) is 3.18. The molecule has 0 aromatic carbocycles. The van der Waals surface area contributed by atoms with Crippen LogP contribution in [0.3, 0.4) is 0 Å². The summed E-state index contributed by atoms with van der Waals surface area (Å²) in [4.78, 5) is 0. The van der Waals surface area contributed by atoms with Gasteiger partial charge in [-0.3, -0.25) is 0 Å². The minimum absolute atomic E-state index is 0.0165. The highest BCUT2D eigenvalue weighted by Crippen LogP contribution is 2.22. The van der Waals surface area contributed by atoms with Gasteiger partial charge in [-0.15, -0.1) is 0 Å². The van der Waals surface area contributed by atoms with Crippen LogP contribution in [0, 0.1) is 0 Å². The number of rotatable bonds is 1. The summed E-state index contributed by atoms with van der Waals surface area (Å²) in [7, 11) is 0. The van der Waals surface area contributed by atoms with Gasteiger partial charge in [-0.25, -0.2) is 0 Å². The van der Waals surface area contributed by atoms with Gasteiger partial charge in [0, 0.05) is 0 Å². The summed E-state index contributed by atoms with van der Waals surface area (Å²) in [5.41, 5.74) is 0.0165. The molecule has 64 valence electrons. The van der Waals surface area contributed by atoms with E-state index in [9.17, 15) is 0 Å². The maximum atomic E-state index is 4.32. The Morgan fingerprint density at radius 3 is 2.09 bits per heavy atom. The lowest BCUT2D eigenvalue weighted by Gasteiger charge is -2.10. The van der Waals surface area contributed by atoms with E-state index in [4.69, 9.17) is 0 Å². The van der Waals surface area contributed by atoms with Crippen LogP contribution in [0.4, 0.5) is 0 Å². The van der Waals surface area contributed by atoms with Crippen molar-refractivity contribution in [2.75, 3.05) is 0 Å². The monoisotopic (exact) mass is 154 g/mol. The Kier molecular flexibility index (Phi) is 2.63. The summed E-state index contributed by atoms with van der Waals surface area (Å²) < 4.78 is 0. The zero-order valence-electron chi connectivity index (χ0n) is 7.80. The van der Waals surface area contributed by atoms with Gasteiger partial charge in [0.1, 0.15) is 0 Å². The average molecular weight is 154 g/mol. The van der Waals surface area contributed by atoms with E-state index < -0.39 is 0 Å². The van der Waals surface area contributed by atoms with Crippen molar-refractivity contribution in [2.45, 2.75) is 58.0 Å². The van der Waals surface area contributed by atoms with E-state index in [0.717, 1.165) is 0 Å². The van der Waals surface area contributed by atoms with E-state index in [1.165, 1.54) is 25.7 Å². The molecule has 1 aliphatic carbocycles. The Labute approximate surface area is 69.1 Å². The van der Waals surface area contributed by atoms with Gasteiger partial charge in [0.05, 0.1) is 11.6 Å². The van der Waals surface area contributed by atoms with Gasteiger partial charge in [0.2, 0.25) is 0 Å². The van der Waals surface area contributed by atoms with Crippen LogP contribution in [0.2, 0.25) is 0 Å². The van der Waals surface area contributed by atoms with E-state index in [0.29, 0.717) is 6.04 Å². The van der Waals surface area contributed by atoms with Crippen LogP contribution >= 0.6 is 0 Å². The summed E-state index contributed by atoms with van der Waals surface area (Å²) in [5, 5.41) is 8.58. The second-order valence-corrected chi connectivity index (χ2v) is 4.32. The van der Waals surface area contributed by atoms with Crippen LogP contribution in [-0.4, -0.2) is 11.6 Å². The van der Waals surface area contributed by atoms with Crippen LogP contribution < -0.4 is 0 Å². The molecule has 0 radical (unpaired) electrons. The van der Waals surface area contributed by atoms with Crippen LogP contribution in [0.15, 0.2) is 10.2 Å². The van der Waals surface area contributed by atoms with Crippen molar-refractivity contribution >= 4 is 0 Å². The average Bonchev–Trinajstić information content (AvgIpc) is 2.32. The number of azo groups is 1. The first-order chi connectivity index (χ1) is 5.08. The summed E-state index contributed by atoms with van der Waals surface area (Å²) in [6, 6.07) is 0.536. The molecule has 0 aliphatic heterocycles. The molecular weight excluding hydrogens is 136 g/mol. The SMILES string of the molecule is CC(C)(C)N=NC1CCCC1. The predicted molar refractivity (Wildman–Crippen MR) is 46.9 cm³/mol.